The quantitative estimate of drug-likeness (QED) is 0.220. The van der Waals surface area contributed by atoms with Crippen molar-refractivity contribution in [3.05, 3.63) is 98.4 Å². The average Bonchev–Trinajstić information content (AvgIpc) is 3.54. The molecule has 0 radical (unpaired) electrons. The molecule has 1 aliphatic rings. The van der Waals surface area contributed by atoms with E-state index in [2.05, 4.69) is 15.6 Å². The van der Waals surface area contributed by atoms with Gasteiger partial charge in [-0.25, -0.2) is 4.68 Å². The second kappa shape index (κ2) is 10.4. The molecule has 9 heteroatoms. The highest BCUT2D eigenvalue weighted by molar-refractivity contribution is 7.99. The predicted molar refractivity (Wildman–Crippen MR) is 150 cm³/mol. The number of thiophene rings is 1. The van der Waals surface area contributed by atoms with E-state index in [0.29, 0.717) is 27.9 Å². The van der Waals surface area contributed by atoms with Crippen molar-refractivity contribution in [2.45, 2.75) is 38.9 Å². The number of Topliss-reactive ketones (excluding diaryl/α,β-unsaturated/α-hetero) is 1. The third kappa shape index (κ3) is 5.23. The van der Waals surface area contributed by atoms with Crippen molar-refractivity contribution in [1.29, 1.82) is 0 Å². The van der Waals surface area contributed by atoms with Gasteiger partial charge in [-0.15, -0.1) is 16.4 Å². The van der Waals surface area contributed by atoms with Crippen molar-refractivity contribution in [3.63, 3.8) is 0 Å². The van der Waals surface area contributed by atoms with Crippen molar-refractivity contribution in [2.24, 2.45) is 0 Å². The lowest BCUT2D eigenvalue weighted by Gasteiger charge is -2.27. The van der Waals surface area contributed by atoms with Crippen LogP contribution in [-0.4, -0.2) is 32.2 Å². The molecule has 0 aliphatic carbocycles. The van der Waals surface area contributed by atoms with Crippen molar-refractivity contribution in [3.8, 4) is 0 Å². The number of nitrogens with zero attached hydrogens (tertiary/aromatic N) is 3. The molecule has 0 fully saturated rings. The molecule has 0 bridgehead atoms. The summed E-state index contributed by atoms with van der Waals surface area (Å²) < 4.78 is 1.74. The normalized spacial score (nSPS) is 14.8. The lowest BCUT2D eigenvalue weighted by molar-refractivity contribution is -0.113. The highest BCUT2D eigenvalue weighted by Crippen LogP contribution is 2.38. The van der Waals surface area contributed by atoms with Crippen LogP contribution in [0.4, 0.5) is 11.6 Å². The molecule has 188 valence electrons. The topological polar surface area (TPSA) is 88.9 Å². The Morgan fingerprint density at radius 1 is 1.05 bits per heavy atom. The number of ketones is 1. The number of allylic oxidation sites excluding steroid dienone is 1. The molecule has 1 atom stereocenters. The maximum atomic E-state index is 13.6. The molecule has 7 nitrogen and oxygen atoms in total. The van der Waals surface area contributed by atoms with Crippen LogP contribution in [0, 0.1) is 20.8 Å². The molecule has 37 heavy (non-hydrogen) atoms. The van der Waals surface area contributed by atoms with Crippen LogP contribution in [0.2, 0.25) is 0 Å². The molecular weight excluding hydrogens is 502 g/mol. The molecule has 3 heterocycles. The van der Waals surface area contributed by atoms with E-state index in [-0.39, 0.29) is 17.4 Å². The number of thioether (sulfide) groups is 1. The number of fused-ring (bicyclic) bond motifs is 1. The third-order valence-corrected chi connectivity index (χ3v) is 7.99. The molecule has 1 amide bonds. The summed E-state index contributed by atoms with van der Waals surface area (Å²) >= 11 is 2.85. The van der Waals surface area contributed by atoms with Crippen LogP contribution in [-0.2, 0) is 4.79 Å². The largest absolute Gasteiger partial charge is 0.328 e. The van der Waals surface area contributed by atoms with E-state index in [4.69, 9.17) is 5.10 Å². The summed E-state index contributed by atoms with van der Waals surface area (Å²) in [6.45, 7) is 7.88. The minimum absolute atomic E-state index is 0.0170. The van der Waals surface area contributed by atoms with E-state index in [0.717, 1.165) is 27.3 Å². The molecule has 2 N–H and O–H groups in total. The molecule has 0 saturated carbocycles. The Morgan fingerprint density at radius 2 is 1.81 bits per heavy atom. The Balaban J connectivity index is 1.41. The Morgan fingerprint density at radius 3 is 2.51 bits per heavy atom. The van der Waals surface area contributed by atoms with Crippen molar-refractivity contribution < 1.29 is 9.59 Å². The fraction of sp³-hybridized carbons (Fsp3) is 0.214. The zero-order valence-corrected chi connectivity index (χ0v) is 22.7. The van der Waals surface area contributed by atoms with E-state index in [1.54, 1.807) is 16.0 Å². The summed E-state index contributed by atoms with van der Waals surface area (Å²) in [6.07, 6.45) is 0. The second-order valence-corrected chi connectivity index (χ2v) is 11.0. The lowest BCUT2D eigenvalue weighted by Crippen LogP contribution is -2.31. The first kappa shape index (κ1) is 25.0. The van der Waals surface area contributed by atoms with Gasteiger partial charge < -0.3 is 10.6 Å². The maximum absolute atomic E-state index is 13.6. The van der Waals surface area contributed by atoms with Gasteiger partial charge in [-0.2, -0.15) is 4.98 Å². The summed E-state index contributed by atoms with van der Waals surface area (Å²) in [5.74, 6) is 0.593. The van der Waals surface area contributed by atoms with Crippen LogP contribution < -0.4 is 10.6 Å². The molecule has 0 unspecified atom stereocenters. The van der Waals surface area contributed by atoms with Crippen LogP contribution in [0.3, 0.4) is 0 Å². The van der Waals surface area contributed by atoms with E-state index < -0.39 is 6.04 Å². The number of benzene rings is 2. The number of aromatic nitrogens is 3. The summed E-state index contributed by atoms with van der Waals surface area (Å²) in [5, 5.41) is 13.5. The van der Waals surface area contributed by atoms with Gasteiger partial charge in [-0.05, 0) is 50.8 Å². The number of amides is 1. The molecule has 1 aliphatic heterocycles. The van der Waals surface area contributed by atoms with Crippen LogP contribution in [0.5, 0.6) is 0 Å². The third-order valence-electron chi connectivity index (χ3n) is 6.23. The maximum Gasteiger partial charge on any atom is 0.255 e. The van der Waals surface area contributed by atoms with Gasteiger partial charge in [-0.1, -0.05) is 65.4 Å². The Bertz CT molecular complexity index is 1500. The van der Waals surface area contributed by atoms with Crippen molar-refractivity contribution in [1.82, 2.24) is 14.8 Å². The minimum Gasteiger partial charge on any atom is -0.328 e. The fourth-order valence-corrected chi connectivity index (χ4v) is 5.83. The van der Waals surface area contributed by atoms with E-state index in [1.165, 1.54) is 11.8 Å². The monoisotopic (exact) mass is 529 g/mol. The zero-order chi connectivity index (χ0) is 26.1. The van der Waals surface area contributed by atoms with Gasteiger partial charge in [0.1, 0.15) is 6.04 Å². The Kier molecular flexibility index (Phi) is 6.99. The Labute approximate surface area is 224 Å². The first-order chi connectivity index (χ1) is 17.8. The number of aryl methyl sites for hydroxylation is 3. The van der Waals surface area contributed by atoms with Crippen molar-refractivity contribution >= 4 is 46.4 Å². The number of nitrogens with one attached hydrogen (secondary N) is 2. The number of hydrogen-bond donors (Lipinski definition) is 2. The van der Waals surface area contributed by atoms with E-state index in [1.807, 2.05) is 87.7 Å². The molecule has 0 spiro atoms. The number of carbonyl (C=O) groups is 2. The van der Waals surface area contributed by atoms with E-state index >= 15 is 0 Å². The van der Waals surface area contributed by atoms with Crippen LogP contribution in [0.1, 0.15) is 44.9 Å². The van der Waals surface area contributed by atoms with Gasteiger partial charge in [-0.3, -0.25) is 9.59 Å². The molecule has 0 saturated heterocycles. The number of rotatable bonds is 7. The first-order valence-electron chi connectivity index (χ1n) is 11.9. The predicted octanol–water partition coefficient (Wildman–Crippen LogP) is 6.17. The fourth-order valence-electron chi connectivity index (χ4n) is 4.29. The van der Waals surface area contributed by atoms with Gasteiger partial charge in [0.2, 0.25) is 11.1 Å². The Hall–Kier alpha value is -3.69. The number of hydrogen-bond acceptors (Lipinski definition) is 7. The summed E-state index contributed by atoms with van der Waals surface area (Å²) in [6, 6.07) is 17.0. The van der Waals surface area contributed by atoms with Crippen LogP contribution in [0.25, 0.3) is 0 Å². The zero-order valence-electron chi connectivity index (χ0n) is 21.0. The average molecular weight is 530 g/mol. The van der Waals surface area contributed by atoms with Crippen LogP contribution in [0.15, 0.2) is 76.4 Å². The second-order valence-electron chi connectivity index (χ2n) is 9.09. The first-order valence-corrected chi connectivity index (χ1v) is 13.8. The van der Waals surface area contributed by atoms with Gasteiger partial charge >= 0.3 is 0 Å². The summed E-state index contributed by atoms with van der Waals surface area (Å²) in [4.78, 5) is 31.9. The summed E-state index contributed by atoms with van der Waals surface area (Å²) in [7, 11) is 0. The SMILES string of the molecule is CC1=C(C(=O)Nc2ccc(C)cc2C)[C@H](c2cccs2)n2nc(SCC(=O)c3ccc(C)cc3)nc2N1. The highest BCUT2D eigenvalue weighted by Gasteiger charge is 2.35. The minimum atomic E-state index is -0.434. The van der Waals surface area contributed by atoms with Gasteiger partial charge in [0.15, 0.2) is 5.78 Å². The molecule has 4 aromatic rings. The number of carbonyl (C=O) groups excluding carboxylic acids is 2. The van der Waals surface area contributed by atoms with Gasteiger partial charge in [0.25, 0.3) is 5.91 Å². The summed E-state index contributed by atoms with van der Waals surface area (Å²) in [5.41, 5.74) is 5.98. The standard InChI is InChI=1S/C28H27N5O2S2/c1-16-7-10-20(11-8-16)22(34)15-37-28-31-27-29-19(4)24(25(33(27)32-28)23-6-5-13-36-23)26(35)30-21-12-9-17(2)14-18(21)3/h5-14,25H,15H2,1-4H3,(H,30,35)(H,29,31,32)/t25-/m0/s1. The molecular formula is C28H27N5O2S2. The highest BCUT2D eigenvalue weighted by atomic mass is 32.2. The molecule has 5 rings (SSSR count). The lowest BCUT2D eigenvalue weighted by atomic mass is 10.0. The van der Waals surface area contributed by atoms with Gasteiger partial charge in [0.05, 0.1) is 11.3 Å². The van der Waals surface area contributed by atoms with Crippen molar-refractivity contribution in [2.75, 3.05) is 16.4 Å². The van der Waals surface area contributed by atoms with Gasteiger partial charge in [0, 0.05) is 21.8 Å². The van der Waals surface area contributed by atoms with Crippen LogP contribution >= 0.6 is 23.1 Å². The smallest absolute Gasteiger partial charge is 0.255 e. The molecule has 2 aromatic carbocycles. The molecule has 2 aromatic heterocycles. The number of anilines is 2. The van der Waals surface area contributed by atoms with E-state index in [9.17, 15) is 9.59 Å².